The lowest BCUT2D eigenvalue weighted by molar-refractivity contribution is 1.05. The summed E-state index contributed by atoms with van der Waals surface area (Å²) in [7, 11) is 0. The van der Waals surface area contributed by atoms with Gasteiger partial charge in [-0.05, 0) is 36.8 Å². The summed E-state index contributed by atoms with van der Waals surface area (Å²) in [4.78, 5) is 0. The minimum Gasteiger partial charge on any atom is -0.313 e. The fourth-order valence-corrected chi connectivity index (χ4v) is 1.46. The van der Waals surface area contributed by atoms with Gasteiger partial charge in [-0.1, -0.05) is 29.3 Å². The van der Waals surface area contributed by atoms with Crippen molar-refractivity contribution in [1.82, 2.24) is 0 Å². The lowest BCUT2D eigenvalue weighted by Crippen LogP contribution is -1.86. The second kappa shape index (κ2) is 4.48. The van der Waals surface area contributed by atoms with Crippen molar-refractivity contribution in [2.45, 2.75) is 12.8 Å². The van der Waals surface area contributed by atoms with Gasteiger partial charge < -0.3 is 5.41 Å². The Morgan fingerprint density at radius 1 is 1.33 bits per heavy atom. The van der Waals surface area contributed by atoms with E-state index in [1.807, 2.05) is 12.1 Å². The quantitative estimate of drug-likeness (QED) is 0.724. The third kappa shape index (κ3) is 2.50. The molecule has 1 aromatic rings. The van der Waals surface area contributed by atoms with E-state index in [-0.39, 0.29) is 0 Å². The lowest BCUT2D eigenvalue weighted by Gasteiger charge is -2.01. The molecule has 0 saturated carbocycles. The Morgan fingerprint density at radius 2 is 2.08 bits per heavy atom. The Balaban J connectivity index is 2.78. The highest BCUT2D eigenvalue weighted by molar-refractivity contribution is 6.35. The van der Waals surface area contributed by atoms with E-state index >= 15 is 0 Å². The summed E-state index contributed by atoms with van der Waals surface area (Å²) < 4.78 is 0. The van der Waals surface area contributed by atoms with Crippen LogP contribution in [0.1, 0.15) is 12.0 Å². The summed E-state index contributed by atoms with van der Waals surface area (Å²) in [5, 5.41) is 8.21. The van der Waals surface area contributed by atoms with E-state index in [4.69, 9.17) is 28.6 Å². The minimum atomic E-state index is 0.651. The van der Waals surface area contributed by atoms with Crippen LogP contribution in [0.4, 0.5) is 0 Å². The predicted octanol–water partition coefficient (Wildman–Crippen LogP) is 3.58. The van der Waals surface area contributed by atoms with Crippen molar-refractivity contribution in [3.63, 3.8) is 0 Å². The van der Waals surface area contributed by atoms with Gasteiger partial charge in [-0.3, -0.25) is 0 Å². The third-order valence-corrected chi connectivity index (χ3v) is 2.16. The van der Waals surface area contributed by atoms with Crippen LogP contribution < -0.4 is 0 Å². The fraction of sp³-hybridized carbons (Fsp3) is 0.222. The molecule has 0 amide bonds. The molecule has 1 rings (SSSR count). The highest BCUT2D eigenvalue weighted by Crippen LogP contribution is 2.21. The molecule has 0 aromatic heterocycles. The molecule has 0 atom stereocenters. The van der Waals surface area contributed by atoms with Gasteiger partial charge in [0.05, 0.1) is 0 Å². The van der Waals surface area contributed by atoms with Crippen LogP contribution in [-0.2, 0) is 6.42 Å². The van der Waals surface area contributed by atoms with Gasteiger partial charge in [0.25, 0.3) is 0 Å². The lowest BCUT2D eigenvalue weighted by atomic mass is 10.1. The van der Waals surface area contributed by atoms with Crippen LogP contribution in [0.3, 0.4) is 0 Å². The van der Waals surface area contributed by atoms with Crippen molar-refractivity contribution in [3.05, 3.63) is 33.8 Å². The molecular formula is C9H9Cl2N. The average molecular weight is 202 g/mol. The Bertz CT molecular complexity index is 284. The van der Waals surface area contributed by atoms with Crippen LogP contribution in [0.25, 0.3) is 0 Å². The van der Waals surface area contributed by atoms with E-state index in [0.29, 0.717) is 10.0 Å². The number of halogens is 2. The summed E-state index contributed by atoms with van der Waals surface area (Å²) in [6.45, 7) is 0. The van der Waals surface area contributed by atoms with Crippen molar-refractivity contribution in [1.29, 1.82) is 5.41 Å². The topological polar surface area (TPSA) is 23.9 Å². The van der Waals surface area contributed by atoms with Crippen molar-refractivity contribution in [2.75, 3.05) is 0 Å². The van der Waals surface area contributed by atoms with E-state index in [1.54, 1.807) is 6.07 Å². The fourth-order valence-electron chi connectivity index (χ4n) is 0.952. The van der Waals surface area contributed by atoms with E-state index < -0.39 is 0 Å². The van der Waals surface area contributed by atoms with Gasteiger partial charge >= 0.3 is 0 Å². The zero-order valence-corrected chi connectivity index (χ0v) is 7.99. The number of nitrogens with one attached hydrogen (secondary N) is 1. The number of hydrogen-bond donors (Lipinski definition) is 1. The molecule has 0 saturated heterocycles. The van der Waals surface area contributed by atoms with Crippen LogP contribution in [0, 0.1) is 5.41 Å². The molecule has 0 heterocycles. The molecule has 12 heavy (non-hydrogen) atoms. The van der Waals surface area contributed by atoms with Crippen LogP contribution in [0.5, 0.6) is 0 Å². The minimum absolute atomic E-state index is 0.651. The molecule has 0 aliphatic heterocycles. The van der Waals surface area contributed by atoms with Crippen LogP contribution in [-0.4, -0.2) is 6.21 Å². The summed E-state index contributed by atoms with van der Waals surface area (Å²) in [5.41, 5.74) is 1.05. The SMILES string of the molecule is N=CCCc1ccc(Cl)cc1Cl. The number of benzene rings is 1. The van der Waals surface area contributed by atoms with E-state index in [1.165, 1.54) is 6.21 Å². The molecular weight excluding hydrogens is 193 g/mol. The summed E-state index contributed by atoms with van der Waals surface area (Å²) in [6, 6.07) is 5.43. The molecule has 0 aliphatic carbocycles. The van der Waals surface area contributed by atoms with Gasteiger partial charge in [-0.25, -0.2) is 0 Å². The second-order valence-corrected chi connectivity index (χ2v) is 3.32. The Hall–Kier alpha value is -0.530. The first-order valence-electron chi connectivity index (χ1n) is 3.67. The number of hydrogen-bond acceptors (Lipinski definition) is 1. The van der Waals surface area contributed by atoms with E-state index in [0.717, 1.165) is 18.4 Å². The Kier molecular flexibility index (Phi) is 3.57. The maximum Gasteiger partial charge on any atom is 0.0452 e. The third-order valence-electron chi connectivity index (χ3n) is 1.57. The Labute approximate surface area is 81.8 Å². The molecule has 0 spiro atoms. The first kappa shape index (κ1) is 9.56. The zero-order chi connectivity index (χ0) is 8.97. The largest absolute Gasteiger partial charge is 0.313 e. The standard InChI is InChI=1S/C9H9Cl2N/c10-8-4-3-7(2-1-5-12)9(11)6-8/h3-6,12H,1-2H2. The monoisotopic (exact) mass is 201 g/mol. The molecule has 64 valence electrons. The molecule has 0 aliphatic rings. The summed E-state index contributed by atoms with van der Waals surface area (Å²) in [6.07, 6.45) is 2.91. The highest BCUT2D eigenvalue weighted by atomic mass is 35.5. The van der Waals surface area contributed by atoms with Crippen molar-refractivity contribution >= 4 is 29.4 Å². The summed E-state index contributed by atoms with van der Waals surface area (Å²) in [5.74, 6) is 0. The highest BCUT2D eigenvalue weighted by Gasteiger charge is 1.99. The molecule has 0 radical (unpaired) electrons. The van der Waals surface area contributed by atoms with Crippen molar-refractivity contribution in [2.24, 2.45) is 0 Å². The summed E-state index contributed by atoms with van der Waals surface area (Å²) >= 11 is 11.6. The second-order valence-electron chi connectivity index (χ2n) is 2.48. The van der Waals surface area contributed by atoms with Crippen LogP contribution >= 0.6 is 23.2 Å². The van der Waals surface area contributed by atoms with Gasteiger partial charge in [0.2, 0.25) is 0 Å². The molecule has 0 bridgehead atoms. The molecule has 1 nitrogen and oxygen atoms in total. The maximum absolute atomic E-state index is 6.87. The van der Waals surface area contributed by atoms with Gasteiger partial charge in [-0.2, -0.15) is 0 Å². The maximum atomic E-state index is 6.87. The number of aryl methyl sites for hydroxylation is 1. The molecule has 1 N–H and O–H groups in total. The number of rotatable bonds is 3. The molecule has 3 heteroatoms. The van der Waals surface area contributed by atoms with Gasteiger partial charge in [-0.15, -0.1) is 0 Å². The molecule has 0 fully saturated rings. The Morgan fingerprint density at radius 3 is 2.67 bits per heavy atom. The van der Waals surface area contributed by atoms with Gasteiger partial charge in [0, 0.05) is 10.0 Å². The first-order valence-corrected chi connectivity index (χ1v) is 4.42. The van der Waals surface area contributed by atoms with Crippen molar-refractivity contribution < 1.29 is 0 Å². The van der Waals surface area contributed by atoms with Crippen LogP contribution in [0.15, 0.2) is 18.2 Å². The predicted molar refractivity (Wildman–Crippen MR) is 53.6 cm³/mol. The first-order chi connectivity index (χ1) is 5.74. The van der Waals surface area contributed by atoms with Gasteiger partial charge in [0.15, 0.2) is 0 Å². The van der Waals surface area contributed by atoms with Crippen molar-refractivity contribution in [3.8, 4) is 0 Å². The zero-order valence-electron chi connectivity index (χ0n) is 6.48. The smallest absolute Gasteiger partial charge is 0.0452 e. The van der Waals surface area contributed by atoms with E-state index in [2.05, 4.69) is 0 Å². The molecule has 0 unspecified atom stereocenters. The molecule has 1 aromatic carbocycles. The van der Waals surface area contributed by atoms with E-state index in [9.17, 15) is 0 Å². The average Bonchev–Trinajstić information content (AvgIpc) is 2.03. The van der Waals surface area contributed by atoms with Gasteiger partial charge in [0.1, 0.15) is 0 Å². The normalized spacial score (nSPS) is 9.83. The van der Waals surface area contributed by atoms with Crippen LogP contribution in [0.2, 0.25) is 10.0 Å².